The maximum atomic E-state index is 12.4. The van der Waals surface area contributed by atoms with E-state index in [-0.39, 0.29) is 5.41 Å². The summed E-state index contributed by atoms with van der Waals surface area (Å²) in [5.41, 5.74) is 0.226. The average molecular weight is 222 g/mol. The zero-order chi connectivity index (χ0) is 12.1. The molecule has 0 aliphatic heterocycles. The van der Waals surface area contributed by atoms with Crippen molar-refractivity contribution in [1.29, 1.82) is 0 Å². The van der Waals surface area contributed by atoms with E-state index in [0.717, 1.165) is 18.3 Å². The first-order chi connectivity index (χ1) is 7.34. The van der Waals surface area contributed by atoms with Gasteiger partial charge in [0.1, 0.15) is 5.78 Å². The molecule has 0 aromatic carbocycles. The van der Waals surface area contributed by atoms with E-state index in [0.29, 0.717) is 23.5 Å². The maximum Gasteiger partial charge on any atom is 0.137 e. The quantitative estimate of drug-likeness (QED) is 0.707. The smallest absolute Gasteiger partial charge is 0.137 e. The van der Waals surface area contributed by atoms with Crippen LogP contribution in [0.2, 0.25) is 0 Å². The van der Waals surface area contributed by atoms with Crippen molar-refractivity contribution < 1.29 is 4.79 Å². The van der Waals surface area contributed by atoms with Crippen molar-refractivity contribution >= 4 is 5.78 Å². The van der Waals surface area contributed by atoms with Crippen molar-refractivity contribution in [3.63, 3.8) is 0 Å². The molecule has 16 heavy (non-hydrogen) atoms. The Hall–Kier alpha value is -0.330. The lowest BCUT2D eigenvalue weighted by Crippen LogP contribution is -2.41. The highest BCUT2D eigenvalue weighted by Gasteiger charge is 2.57. The van der Waals surface area contributed by atoms with Crippen molar-refractivity contribution in [2.24, 2.45) is 35.0 Å². The molecule has 1 heteroatoms. The highest BCUT2D eigenvalue weighted by Crippen LogP contribution is 2.61. The van der Waals surface area contributed by atoms with Crippen LogP contribution in [0.25, 0.3) is 0 Å². The molecule has 2 rings (SSSR count). The second-order valence-electron chi connectivity index (χ2n) is 7.16. The van der Waals surface area contributed by atoms with Gasteiger partial charge in [0.25, 0.3) is 0 Å². The van der Waals surface area contributed by atoms with Crippen molar-refractivity contribution in [2.75, 3.05) is 0 Å². The molecular weight excluding hydrogens is 196 g/mol. The van der Waals surface area contributed by atoms with Crippen molar-refractivity contribution in [1.82, 2.24) is 0 Å². The van der Waals surface area contributed by atoms with Crippen LogP contribution >= 0.6 is 0 Å². The molecule has 0 amide bonds. The van der Waals surface area contributed by atoms with E-state index in [2.05, 4.69) is 34.6 Å². The highest BCUT2D eigenvalue weighted by molar-refractivity contribution is 5.83. The van der Waals surface area contributed by atoms with Crippen LogP contribution in [0.3, 0.4) is 0 Å². The molecule has 2 aliphatic rings. The third-order valence-electron chi connectivity index (χ3n) is 5.09. The first kappa shape index (κ1) is 12.1. The topological polar surface area (TPSA) is 17.1 Å². The Morgan fingerprint density at radius 3 is 2.50 bits per heavy atom. The lowest BCUT2D eigenvalue weighted by molar-refractivity contribution is -0.131. The van der Waals surface area contributed by atoms with Crippen LogP contribution in [-0.4, -0.2) is 5.78 Å². The molecule has 4 atom stereocenters. The number of hydrogen-bond acceptors (Lipinski definition) is 1. The number of carbonyl (C=O) groups excluding carboxylic acids is 1. The minimum absolute atomic E-state index is 0.226. The Labute approximate surface area is 100.0 Å². The van der Waals surface area contributed by atoms with Gasteiger partial charge in [-0.25, -0.2) is 0 Å². The van der Waals surface area contributed by atoms with Gasteiger partial charge in [0.15, 0.2) is 0 Å². The molecule has 0 aromatic rings. The largest absolute Gasteiger partial charge is 0.299 e. The standard InChI is InChI=1S/C15H26O/c1-9(2)6-13(16)14-12-8-11(12)7-10(3)15(14,4)5/h9-12,14H,6-8H2,1-5H3. The van der Waals surface area contributed by atoms with Crippen molar-refractivity contribution in [2.45, 2.75) is 53.9 Å². The van der Waals surface area contributed by atoms with Crippen LogP contribution in [0.4, 0.5) is 0 Å². The van der Waals surface area contributed by atoms with E-state index in [9.17, 15) is 4.79 Å². The third-order valence-corrected chi connectivity index (χ3v) is 5.09. The Morgan fingerprint density at radius 2 is 1.94 bits per heavy atom. The molecule has 0 aromatic heterocycles. The fourth-order valence-corrected chi connectivity index (χ4v) is 3.75. The first-order valence-electron chi connectivity index (χ1n) is 6.86. The van der Waals surface area contributed by atoms with Crippen LogP contribution in [0.15, 0.2) is 0 Å². The first-order valence-corrected chi connectivity index (χ1v) is 6.86. The Bertz CT molecular complexity index is 290. The average Bonchev–Trinajstić information content (AvgIpc) is 2.81. The van der Waals surface area contributed by atoms with Gasteiger partial charge in [0, 0.05) is 12.3 Å². The highest BCUT2D eigenvalue weighted by atomic mass is 16.1. The molecule has 2 saturated carbocycles. The van der Waals surface area contributed by atoms with Gasteiger partial charge >= 0.3 is 0 Å². The van der Waals surface area contributed by atoms with Gasteiger partial charge < -0.3 is 0 Å². The van der Waals surface area contributed by atoms with Gasteiger partial charge in [-0.3, -0.25) is 4.79 Å². The summed E-state index contributed by atoms with van der Waals surface area (Å²) in [6, 6.07) is 0. The van der Waals surface area contributed by atoms with E-state index < -0.39 is 0 Å². The number of carbonyl (C=O) groups is 1. The predicted molar refractivity (Wildman–Crippen MR) is 67.1 cm³/mol. The zero-order valence-corrected chi connectivity index (χ0v) is 11.4. The summed E-state index contributed by atoms with van der Waals surface area (Å²) in [5, 5.41) is 0. The molecule has 4 unspecified atom stereocenters. The van der Waals surface area contributed by atoms with Crippen LogP contribution < -0.4 is 0 Å². The van der Waals surface area contributed by atoms with Gasteiger partial charge in [0.05, 0.1) is 0 Å². The molecule has 92 valence electrons. The summed E-state index contributed by atoms with van der Waals surface area (Å²) < 4.78 is 0. The fraction of sp³-hybridized carbons (Fsp3) is 0.933. The summed E-state index contributed by atoms with van der Waals surface area (Å²) in [4.78, 5) is 12.4. The van der Waals surface area contributed by atoms with E-state index in [1.165, 1.54) is 12.8 Å². The van der Waals surface area contributed by atoms with Gasteiger partial charge in [0.2, 0.25) is 0 Å². The van der Waals surface area contributed by atoms with Crippen molar-refractivity contribution in [3.8, 4) is 0 Å². The Kier molecular flexibility index (Phi) is 2.92. The molecule has 0 heterocycles. The number of Topliss-reactive ketones (excluding diaryl/α,β-unsaturated/α-hetero) is 1. The molecule has 2 aliphatic carbocycles. The van der Waals surface area contributed by atoms with Crippen LogP contribution in [0, 0.1) is 35.0 Å². The van der Waals surface area contributed by atoms with Gasteiger partial charge in [-0.1, -0.05) is 34.6 Å². The second-order valence-corrected chi connectivity index (χ2v) is 7.16. The third kappa shape index (κ3) is 1.94. The zero-order valence-electron chi connectivity index (χ0n) is 11.4. The maximum absolute atomic E-state index is 12.4. The summed E-state index contributed by atoms with van der Waals surface area (Å²) in [6.45, 7) is 11.3. The van der Waals surface area contributed by atoms with E-state index in [4.69, 9.17) is 0 Å². The molecule has 0 saturated heterocycles. The van der Waals surface area contributed by atoms with Gasteiger partial charge in [-0.15, -0.1) is 0 Å². The Morgan fingerprint density at radius 1 is 1.31 bits per heavy atom. The normalized spacial score (nSPS) is 40.6. The minimum atomic E-state index is 0.226. The van der Waals surface area contributed by atoms with E-state index >= 15 is 0 Å². The monoisotopic (exact) mass is 222 g/mol. The predicted octanol–water partition coefficient (Wildman–Crippen LogP) is 3.92. The summed E-state index contributed by atoms with van der Waals surface area (Å²) in [5.74, 6) is 3.72. The second kappa shape index (κ2) is 3.85. The number of hydrogen-bond donors (Lipinski definition) is 0. The fourth-order valence-electron chi connectivity index (χ4n) is 3.75. The SMILES string of the molecule is CC(C)CC(=O)C1C2CC2CC(C)C1(C)C. The van der Waals surface area contributed by atoms with Crippen LogP contribution in [0.1, 0.15) is 53.9 Å². The molecule has 2 fully saturated rings. The van der Waals surface area contributed by atoms with Crippen LogP contribution in [-0.2, 0) is 4.79 Å². The number of rotatable bonds is 3. The molecule has 0 radical (unpaired) electrons. The van der Waals surface area contributed by atoms with Crippen molar-refractivity contribution in [3.05, 3.63) is 0 Å². The molecular formula is C15H26O. The number of ketones is 1. The van der Waals surface area contributed by atoms with Gasteiger partial charge in [-0.2, -0.15) is 0 Å². The Balaban J connectivity index is 2.14. The summed E-state index contributed by atoms with van der Waals surface area (Å²) in [6.07, 6.45) is 3.45. The van der Waals surface area contributed by atoms with Crippen LogP contribution in [0.5, 0.6) is 0 Å². The molecule has 0 N–H and O–H groups in total. The molecule has 0 bridgehead atoms. The summed E-state index contributed by atoms with van der Waals surface area (Å²) in [7, 11) is 0. The van der Waals surface area contributed by atoms with E-state index in [1.807, 2.05) is 0 Å². The molecule has 0 spiro atoms. The lowest BCUT2D eigenvalue weighted by atomic mass is 9.61. The lowest BCUT2D eigenvalue weighted by Gasteiger charge is -2.43. The number of fused-ring (bicyclic) bond motifs is 1. The summed E-state index contributed by atoms with van der Waals surface area (Å²) >= 11 is 0. The van der Waals surface area contributed by atoms with E-state index in [1.54, 1.807) is 0 Å². The minimum Gasteiger partial charge on any atom is -0.299 e. The molecule has 1 nitrogen and oxygen atoms in total. The van der Waals surface area contributed by atoms with Gasteiger partial charge in [-0.05, 0) is 41.9 Å².